The Balaban J connectivity index is 1.28. The van der Waals surface area contributed by atoms with Gasteiger partial charge in [0.25, 0.3) is 0 Å². The number of carbonyl (C=O) groups excluding carboxylic acids is 1. The Bertz CT molecular complexity index is 1060. The molecular formula is C25H34N4O4S. The second-order valence-corrected chi connectivity index (χ2v) is 10.8. The number of benzene rings is 2. The summed E-state index contributed by atoms with van der Waals surface area (Å²) in [4.78, 5) is 17.3. The summed E-state index contributed by atoms with van der Waals surface area (Å²) in [7, 11) is -1.81. The van der Waals surface area contributed by atoms with E-state index in [2.05, 4.69) is 21.2 Å². The third kappa shape index (κ3) is 5.89. The van der Waals surface area contributed by atoms with Crippen LogP contribution < -0.4 is 15.0 Å². The molecule has 1 amide bonds. The van der Waals surface area contributed by atoms with Gasteiger partial charge in [0, 0.05) is 45.0 Å². The van der Waals surface area contributed by atoms with Crippen LogP contribution >= 0.6 is 0 Å². The van der Waals surface area contributed by atoms with Gasteiger partial charge in [-0.05, 0) is 49.2 Å². The van der Waals surface area contributed by atoms with Crippen molar-refractivity contribution in [2.24, 2.45) is 0 Å². The Morgan fingerprint density at radius 1 is 0.882 bits per heavy atom. The number of ether oxygens (including phenoxy) is 1. The monoisotopic (exact) mass is 486 g/mol. The van der Waals surface area contributed by atoms with Gasteiger partial charge in [0.05, 0.1) is 24.2 Å². The first-order valence-corrected chi connectivity index (χ1v) is 13.4. The lowest BCUT2D eigenvalue weighted by Crippen LogP contribution is -2.48. The number of hydrogen-bond donors (Lipinski definition) is 1. The standard InChI is InChI=1S/C25H34N4O4S/c1-33-24-9-5-4-8-23(24)28-18-16-27(17-19-28)20-25(30)26-21-10-12-22(13-11-21)34(31,32)29-14-6-2-3-7-15-29/h4-5,8-13H,2-3,6-7,14-20H2,1H3,(H,26,30). The number of methoxy groups -OCH3 is 1. The van der Waals surface area contributed by atoms with Gasteiger partial charge in [-0.15, -0.1) is 0 Å². The van der Waals surface area contributed by atoms with Crippen molar-refractivity contribution >= 4 is 27.3 Å². The Kier molecular flexibility index (Phi) is 8.07. The molecule has 0 bridgehead atoms. The number of nitrogens with zero attached hydrogens (tertiary/aromatic N) is 3. The second kappa shape index (κ2) is 11.2. The maximum atomic E-state index is 12.9. The third-order valence-corrected chi connectivity index (χ3v) is 8.42. The number of amides is 1. The summed E-state index contributed by atoms with van der Waals surface area (Å²) in [6.07, 6.45) is 3.96. The van der Waals surface area contributed by atoms with E-state index >= 15 is 0 Å². The lowest BCUT2D eigenvalue weighted by molar-refractivity contribution is -0.117. The van der Waals surface area contributed by atoms with Gasteiger partial charge in [0.1, 0.15) is 5.75 Å². The molecule has 2 aliphatic heterocycles. The highest BCUT2D eigenvalue weighted by Gasteiger charge is 2.25. The molecule has 0 saturated carbocycles. The Labute approximate surface area is 202 Å². The zero-order chi connectivity index (χ0) is 24.0. The topological polar surface area (TPSA) is 82.2 Å². The summed E-state index contributed by atoms with van der Waals surface area (Å²) in [5.41, 5.74) is 1.68. The molecule has 2 aliphatic rings. The number of sulfonamides is 1. The molecular weight excluding hydrogens is 452 g/mol. The van der Waals surface area contributed by atoms with Crippen LogP contribution in [-0.2, 0) is 14.8 Å². The first kappa shape index (κ1) is 24.5. The molecule has 0 aliphatic carbocycles. The largest absolute Gasteiger partial charge is 0.495 e. The fourth-order valence-corrected chi connectivity index (χ4v) is 6.10. The molecule has 0 aromatic heterocycles. The van der Waals surface area contributed by atoms with Crippen molar-refractivity contribution in [2.45, 2.75) is 30.6 Å². The third-order valence-electron chi connectivity index (χ3n) is 6.51. The highest BCUT2D eigenvalue weighted by atomic mass is 32.2. The van der Waals surface area contributed by atoms with Gasteiger partial charge in [-0.2, -0.15) is 4.31 Å². The number of rotatable bonds is 7. The van der Waals surface area contributed by atoms with Crippen molar-refractivity contribution < 1.29 is 17.9 Å². The number of piperazine rings is 1. The Morgan fingerprint density at radius 2 is 1.53 bits per heavy atom. The summed E-state index contributed by atoms with van der Waals surface area (Å²) in [5, 5.41) is 2.90. The molecule has 0 unspecified atom stereocenters. The SMILES string of the molecule is COc1ccccc1N1CCN(CC(=O)Nc2ccc(S(=O)(=O)N3CCCCCC3)cc2)CC1. The molecule has 184 valence electrons. The van der Waals surface area contributed by atoms with Gasteiger partial charge in [-0.25, -0.2) is 8.42 Å². The van der Waals surface area contributed by atoms with E-state index in [1.54, 1.807) is 35.7 Å². The van der Waals surface area contributed by atoms with E-state index in [0.29, 0.717) is 25.3 Å². The van der Waals surface area contributed by atoms with E-state index in [1.165, 1.54) is 0 Å². The van der Waals surface area contributed by atoms with Crippen molar-refractivity contribution in [3.05, 3.63) is 48.5 Å². The number of carbonyl (C=O) groups is 1. The zero-order valence-corrected chi connectivity index (χ0v) is 20.6. The summed E-state index contributed by atoms with van der Waals surface area (Å²) in [6, 6.07) is 14.5. The predicted molar refractivity (Wildman–Crippen MR) is 134 cm³/mol. The molecule has 34 heavy (non-hydrogen) atoms. The van der Waals surface area contributed by atoms with Crippen molar-refractivity contribution in [2.75, 3.05) is 63.1 Å². The first-order chi connectivity index (χ1) is 16.5. The van der Waals surface area contributed by atoms with Crippen molar-refractivity contribution in [3.8, 4) is 5.75 Å². The summed E-state index contributed by atoms with van der Waals surface area (Å²) >= 11 is 0. The molecule has 2 aromatic rings. The second-order valence-electron chi connectivity index (χ2n) is 8.83. The lowest BCUT2D eigenvalue weighted by Gasteiger charge is -2.36. The van der Waals surface area contributed by atoms with E-state index in [-0.39, 0.29) is 10.8 Å². The quantitative estimate of drug-likeness (QED) is 0.648. The van der Waals surface area contributed by atoms with Crippen LogP contribution in [0.1, 0.15) is 25.7 Å². The minimum Gasteiger partial charge on any atom is -0.495 e. The highest BCUT2D eigenvalue weighted by molar-refractivity contribution is 7.89. The molecule has 2 fully saturated rings. The van der Waals surface area contributed by atoms with E-state index < -0.39 is 10.0 Å². The number of para-hydroxylation sites is 2. The van der Waals surface area contributed by atoms with Crippen LogP contribution in [0.25, 0.3) is 0 Å². The lowest BCUT2D eigenvalue weighted by atomic mass is 10.2. The molecule has 2 saturated heterocycles. The van der Waals surface area contributed by atoms with Crippen LogP contribution in [-0.4, -0.2) is 76.5 Å². The van der Waals surface area contributed by atoms with Crippen LogP contribution in [0.5, 0.6) is 5.75 Å². The molecule has 8 nitrogen and oxygen atoms in total. The van der Waals surface area contributed by atoms with Crippen molar-refractivity contribution in [1.29, 1.82) is 0 Å². The Morgan fingerprint density at radius 3 is 2.18 bits per heavy atom. The number of hydrogen-bond acceptors (Lipinski definition) is 6. The predicted octanol–water partition coefficient (Wildman–Crippen LogP) is 3.02. The molecule has 1 N–H and O–H groups in total. The van der Waals surface area contributed by atoms with Gasteiger partial charge in [-0.1, -0.05) is 25.0 Å². The van der Waals surface area contributed by atoms with Gasteiger partial charge in [0.15, 0.2) is 0 Å². The van der Waals surface area contributed by atoms with E-state index in [1.807, 2.05) is 18.2 Å². The number of anilines is 2. The van der Waals surface area contributed by atoms with Crippen LogP contribution in [0.3, 0.4) is 0 Å². The van der Waals surface area contributed by atoms with E-state index in [4.69, 9.17) is 4.74 Å². The van der Waals surface area contributed by atoms with Crippen LogP contribution in [0.2, 0.25) is 0 Å². The molecule has 0 spiro atoms. The Hall–Kier alpha value is -2.62. The maximum Gasteiger partial charge on any atom is 0.243 e. The van der Waals surface area contributed by atoms with Gasteiger partial charge >= 0.3 is 0 Å². The molecule has 0 radical (unpaired) electrons. The molecule has 2 heterocycles. The molecule has 9 heteroatoms. The van der Waals surface area contributed by atoms with Crippen LogP contribution in [0.4, 0.5) is 11.4 Å². The first-order valence-electron chi connectivity index (χ1n) is 12.0. The fourth-order valence-electron chi connectivity index (χ4n) is 4.58. The number of nitrogens with one attached hydrogen (secondary N) is 1. The average molecular weight is 487 g/mol. The summed E-state index contributed by atoms with van der Waals surface area (Å²) in [6.45, 7) is 4.63. The molecule has 2 aromatic carbocycles. The normalized spacial score (nSPS) is 18.3. The summed E-state index contributed by atoms with van der Waals surface area (Å²) < 4.78 is 32.9. The van der Waals surface area contributed by atoms with Crippen molar-refractivity contribution in [1.82, 2.24) is 9.21 Å². The van der Waals surface area contributed by atoms with Gasteiger partial charge in [-0.3, -0.25) is 9.69 Å². The highest BCUT2D eigenvalue weighted by Crippen LogP contribution is 2.28. The average Bonchev–Trinajstić information content (AvgIpc) is 3.15. The molecule has 0 atom stereocenters. The summed E-state index contributed by atoms with van der Waals surface area (Å²) in [5.74, 6) is 0.754. The minimum atomic E-state index is -3.49. The minimum absolute atomic E-state index is 0.103. The van der Waals surface area contributed by atoms with Crippen LogP contribution in [0, 0.1) is 0 Å². The van der Waals surface area contributed by atoms with E-state index in [9.17, 15) is 13.2 Å². The maximum absolute atomic E-state index is 12.9. The zero-order valence-electron chi connectivity index (χ0n) is 19.8. The van der Waals surface area contributed by atoms with E-state index in [0.717, 1.165) is 63.3 Å². The smallest absolute Gasteiger partial charge is 0.243 e. The molecule has 4 rings (SSSR count). The van der Waals surface area contributed by atoms with Gasteiger partial charge in [0.2, 0.25) is 15.9 Å². The van der Waals surface area contributed by atoms with Crippen LogP contribution in [0.15, 0.2) is 53.4 Å². The van der Waals surface area contributed by atoms with Crippen molar-refractivity contribution in [3.63, 3.8) is 0 Å². The van der Waals surface area contributed by atoms with Gasteiger partial charge < -0.3 is 15.0 Å². The fraction of sp³-hybridized carbons (Fsp3) is 0.480.